The first kappa shape index (κ1) is 9.19. The van der Waals surface area contributed by atoms with E-state index in [0.717, 1.165) is 0 Å². The molecule has 0 aliphatic rings. The molecule has 0 spiro atoms. The number of nitriles is 1. The quantitative estimate of drug-likeness (QED) is 0.650. The van der Waals surface area contributed by atoms with Gasteiger partial charge in [0.1, 0.15) is 6.54 Å². The summed E-state index contributed by atoms with van der Waals surface area (Å²) in [5, 5.41) is 17.9. The molecule has 6 heteroatoms. The smallest absolute Gasteiger partial charge is 0.276 e. The summed E-state index contributed by atoms with van der Waals surface area (Å²) in [5.74, 6) is -0.280. The average Bonchev–Trinajstić information content (AvgIpc) is 2.65. The highest BCUT2D eigenvalue weighted by atomic mass is 16.2. The lowest BCUT2D eigenvalue weighted by molar-refractivity contribution is 0.0778. The van der Waals surface area contributed by atoms with Gasteiger partial charge in [-0.1, -0.05) is 0 Å². The minimum absolute atomic E-state index is 0.0716. The van der Waals surface area contributed by atoms with E-state index in [-0.39, 0.29) is 18.1 Å². The molecule has 1 N–H and O–H groups in total. The lowest BCUT2D eigenvalue weighted by Gasteiger charge is -2.14. The molecule has 0 saturated carbocycles. The van der Waals surface area contributed by atoms with Crippen molar-refractivity contribution in [1.29, 1.82) is 5.26 Å². The van der Waals surface area contributed by atoms with Crippen molar-refractivity contribution in [3.8, 4) is 6.07 Å². The van der Waals surface area contributed by atoms with Crippen LogP contribution in [0.5, 0.6) is 0 Å². The Morgan fingerprint density at radius 1 is 1.85 bits per heavy atom. The van der Waals surface area contributed by atoms with Crippen LogP contribution >= 0.6 is 0 Å². The highest BCUT2D eigenvalue weighted by Gasteiger charge is 2.15. The largest absolute Gasteiger partial charge is 0.324 e. The van der Waals surface area contributed by atoms with Crippen molar-refractivity contribution in [2.75, 3.05) is 13.1 Å². The number of carbonyl (C=O) groups is 1. The first-order valence-electron chi connectivity index (χ1n) is 3.81. The minimum atomic E-state index is -0.280. The molecule has 1 amide bonds. The highest BCUT2D eigenvalue weighted by Crippen LogP contribution is 1.97. The first-order chi connectivity index (χ1) is 6.29. The molecule has 68 valence electrons. The third kappa shape index (κ3) is 2.02. The van der Waals surface area contributed by atoms with Crippen LogP contribution in [-0.4, -0.2) is 39.3 Å². The monoisotopic (exact) mass is 179 g/mol. The number of aromatic nitrogens is 3. The van der Waals surface area contributed by atoms with Gasteiger partial charge in [-0.2, -0.15) is 20.7 Å². The van der Waals surface area contributed by atoms with Crippen molar-refractivity contribution in [2.45, 2.75) is 6.92 Å². The van der Waals surface area contributed by atoms with Crippen LogP contribution in [0.15, 0.2) is 6.20 Å². The predicted molar refractivity (Wildman–Crippen MR) is 43.6 cm³/mol. The molecule has 1 aromatic heterocycles. The molecule has 1 aromatic rings. The van der Waals surface area contributed by atoms with Gasteiger partial charge in [-0.05, 0) is 6.92 Å². The molecule has 0 fully saturated rings. The maximum Gasteiger partial charge on any atom is 0.276 e. The van der Waals surface area contributed by atoms with Crippen molar-refractivity contribution < 1.29 is 4.79 Å². The van der Waals surface area contributed by atoms with E-state index >= 15 is 0 Å². The summed E-state index contributed by atoms with van der Waals surface area (Å²) in [7, 11) is 0. The SMILES string of the molecule is CCN(CC#N)C(=O)c1cn[nH]n1. The number of amides is 1. The third-order valence-electron chi connectivity index (χ3n) is 1.56. The zero-order valence-electron chi connectivity index (χ0n) is 7.19. The van der Waals surface area contributed by atoms with Crippen LogP contribution in [0.1, 0.15) is 17.4 Å². The van der Waals surface area contributed by atoms with E-state index in [0.29, 0.717) is 6.54 Å². The van der Waals surface area contributed by atoms with Gasteiger partial charge in [-0.15, -0.1) is 0 Å². The molecule has 0 unspecified atom stereocenters. The van der Waals surface area contributed by atoms with Crippen LogP contribution in [0, 0.1) is 11.3 Å². The number of aromatic amines is 1. The van der Waals surface area contributed by atoms with Crippen LogP contribution in [0.3, 0.4) is 0 Å². The Morgan fingerprint density at radius 2 is 2.62 bits per heavy atom. The van der Waals surface area contributed by atoms with Crippen LogP contribution in [0.4, 0.5) is 0 Å². The van der Waals surface area contributed by atoms with Crippen molar-refractivity contribution in [3.63, 3.8) is 0 Å². The summed E-state index contributed by atoms with van der Waals surface area (Å²) >= 11 is 0. The number of H-pyrrole nitrogens is 1. The Labute approximate surface area is 75.2 Å². The molecule has 0 bridgehead atoms. The van der Waals surface area contributed by atoms with Gasteiger partial charge in [0.05, 0.1) is 12.3 Å². The second kappa shape index (κ2) is 4.21. The number of hydrogen-bond donors (Lipinski definition) is 1. The summed E-state index contributed by atoms with van der Waals surface area (Å²) in [6, 6.07) is 1.91. The zero-order valence-corrected chi connectivity index (χ0v) is 7.19. The Kier molecular flexibility index (Phi) is 2.97. The second-order valence-corrected chi connectivity index (χ2v) is 2.33. The molecule has 0 aliphatic heterocycles. The fraction of sp³-hybridized carbons (Fsp3) is 0.429. The first-order valence-corrected chi connectivity index (χ1v) is 3.81. The fourth-order valence-electron chi connectivity index (χ4n) is 0.879. The summed E-state index contributed by atoms with van der Waals surface area (Å²) < 4.78 is 0. The molecule has 0 aliphatic carbocycles. The number of nitrogens with zero attached hydrogens (tertiary/aromatic N) is 4. The molecular weight excluding hydrogens is 170 g/mol. The van der Waals surface area contributed by atoms with E-state index in [1.807, 2.05) is 6.07 Å². The molecule has 0 radical (unpaired) electrons. The molecule has 13 heavy (non-hydrogen) atoms. The van der Waals surface area contributed by atoms with Gasteiger partial charge in [0.2, 0.25) is 0 Å². The predicted octanol–water partition coefficient (Wildman–Crippen LogP) is -0.210. The lowest BCUT2D eigenvalue weighted by atomic mass is 10.4. The van der Waals surface area contributed by atoms with Crippen molar-refractivity contribution >= 4 is 5.91 Å². The maximum atomic E-state index is 11.5. The number of hydrogen-bond acceptors (Lipinski definition) is 4. The lowest BCUT2D eigenvalue weighted by Crippen LogP contribution is -2.31. The van der Waals surface area contributed by atoms with Gasteiger partial charge >= 0.3 is 0 Å². The molecule has 1 heterocycles. The van der Waals surface area contributed by atoms with Crippen molar-refractivity contribution in [3.05, 3.63) is 11.9 Å². The van der Waals surface area contributed by atoms with E-state index in [1.165, 1.54) is 11.1 Å². The van der Waals surface area contributed by atoms with Crippen LogP contribution < -0.4 is 0 Å². The summed E-state index contributed by atoms with van der Waals surface area (Å²) in [6.07, 6.45) is 1.34. The van der Waals surface area contributed by atoms with E-state index in [9.17, 15) is 4.79 Å². The molecular formula is C7H9N5O. The summed E-state index contributed by atoms with van der Waals surface area (Å²) in [6.45, 7) is 2.36. The van der Waals surface area contributed by atoms with E-state index in [1.54, 1.807) is 6.92 Å². The van der Waals surface area contributed by atoms with Crippen LogP contribution in [-0.2, 0) is 0 Å². The highest BCUT2D eigenvalue weighted by molar-refractivity contribution is 5.91. The van der Waals surface area contributed by atoms with Gasteiger partial charge in [-0.25, -0.2) is 0 Å². The minimum Gasteiger partial charge on any atom is -0.324 e. The Bertz CT molecular complexity index is 312. The zero-order chi connectivity index (χ0) is 9.68. The van der Waals surface area contributed by atoms with Crippen LogP contribution in [0.25, 0.3) is 0 Å². The maximum absolute atomic E-state index is 11.5. The average molecular weight is 179 g/mol. The number of nitrogens with one attached hydrogen (secondary N) is 1. The van der Waals surface area contributed by atoms with Crippen molar-refractivity contribution in [1.82, 2.24) is 20.3 Å². The van der Waals surface area contributed by atoms with Crippen molar-refractivity contribution in [2.24, 2.45) is 0 Å². The Morgan fingerprint density at radius 3 is 3.08 bits per heavy atom. The molecule has 0 atom stereocenters. The van der Waals surface area contributed by atoms with E-state index in [2.05, 4.69) is 15.4 Å². The van der Waals surface area contributed by atoms with Crippen LogP contribution in [0.2, 0.25) is 0 Å². The molecule has 6 nitrogen and oxygen atoms in total. The fourth-order valence-corrected chi connectivity index (χ4v) is 0.879. The summed E-state index contributed by atoms with van der Waals surface area (Å²) in [5.41, 5.74) is 0.233. The summed E-state index contributed by atoms with van der Waals surface area (Å²) in [4.78, 5) is 12.9. The standard InChI is InChI=1S/C7H9N5O/c1-2-12(4-3-8)7(13)6-5-9-11-10-6/h5H,2,4H2,1H3,(H,9,10,11). The third-order valence-corrected chi connectivity index (χ3v) is 1.56. The molecule has 0 aromatic carbocycles. The number of carbonyl (C=O) groups excluding carboxylic acids is 1. The normalized spacial score (nSPS) is 9.23. The Hall–Kier alpha value is -1.90. The molecule has 0 saturated heterocycles. The second-order valence-electron chi connectivity index (χ2n) is 2.33. The molecule has 1 rings (SSSR count). The van der Waals surface area contributed by atoms with Gasteiger partial charge < -0.3 is 4.90 Å². The Balaban J connectivity index is 2.72. The van der Waals surface area contributed by atoms with Gasteiger partial charge in [0.15, 0.2) is 5.69 Å². The number of rotatable bonds is 3. The van der Waals surface area contributed by atoms with Gasteiger partial charge in [0, 0.05) is 6.54 Å². The topological polar surface area (TPSA) is 85.7 Å². The van der Waals surface area contributed by atoms with Gasteiger partial charge in [-0.3, -0.25) is 4.79 Å². The van der Waals surface area contributed by atoms with Gasteiger partial charge in [0.25, 0.3) is 5.91 Å². The van der Waals surface area contributed by atoms with E-state index in [4.69, 9.17) is 5.26 Å². The van der Waals surface area contributed by atoms with E-state index < -0.39 is 0 Å².